The third-order valence-electron chi connectivity index (χ3n) is 8.98. The van der Waals surface area contributed by atoms with Crippen LogP contribution in [0.15, 0.2) is 42.0 Å². The van der Waals surface area contributed by atoms with Gasteiger partial charge in [0, 0.05) is 54.8 Å². The zero-order chi connectivity index (χ0) is 30.5. The Bertz CT molecular complexity index is 1740. The Morgan fingerprint density at radius 1 is 1.05 bits per heavy atom. The number of hydrogen-bond donors (Lipinski definition) is 2. The second kappa shape index (κ2) is 11.4. The van der Waals surface area contributed by atoms with Crippen LogP contribution in [0, 0.1) is 0 Å². The minimum atomic E-state index is -3.98. The third kappa shape index (κ3) is 5.45. The summed E-state index contributed by atoms with van der Waals surface area (Å²) in [5.74, 6) is 0.137. The number of β-amino-alcohol motifs (C(OH)–C–C–N with tert-alkyl or cyclic N) is 1. The summed E-state index contributed by atoms with van der Waals surface area (Å²) in [6.45, 7) is 1.04. The predicted molar refractivity (Wildman–Crippen MR) is 165 cm³/mol. The molecule has 2 aliphatic heterocycles. The Kier molecular flexibility index (Phi) is 7.82. The van der Waals surface area contributed by atoms with E-state index in [1.54, 1.807) is 24.1 Å². The number of carbonyl (C=O) groups is 2. The fourth-order valence-corrected chi connectivity index (χ4v) is 7.24. The highest BCUT2D eigenvalue weighted by Crippen LogP contribution is 2.47. The lowest BCUT2D eigenvalue weighted by Gasteiger charge is -2.24. The van der Waals surface area contributed by atoms with Crippen LogP contribution < -0.4 is 9.46 Å². The molecule has 2 aromatic carbocycles. The number of hydrogen-bond acceptors (Lipinski definition) is 6. The van der Waals surface area contributed by atoms with Crippen molar-refractivity contribution in [3.05, 3.63) is 58.7 Å². The van der Waals surface area contributed by atoms with Gasteiger partial charge < -0.3 is 19.3 Å². The highest BCUT2D eigenvalue weighted by Gasteiger charge is 2.33. The molecule has 0 radical (unpaired) electrons. The highest BCUT2D eigenvalue weighted by molar-refractivity contribution is 7.87. The molecule has 2 N–H and O–H groups in total. The van der Waals surface area contributed by atoms with Crippen molar-refractivity contribution in [1.82, 2.24) is 18.5 Å². The van der Waals surface area contributed by atoms with E-state index in [0.717, 1.165) is 57.7 Å². The van der Waals surface area contributed by atoms with Gasteiger partial charge in [0.15, 0.2) is 0 Å². The van der Waals surface area contributed by atoms with Crippen molar-refractivity contribution in [3.8, 4) is 17.0 Å². The Labute approximate surface area is 252 Å². The number of aliphatic hydroxyl groups excluding tert-OH is 1. The van der Waals surface area contributed by atoms with E-state index in [0.29, 0.717) is 36.8 Å². The van der Waals surface area contributed by atoms with E-state index in [2.05, 4.69) is 9.29 Å². The molecule has 1 atom stereocenters. The fraction of sp³-hybridized carbons (Fsp3) is 0.438. The summed E-state index contributed by atoms with van der Waals surface area (Å²) in [5, 5.41) is 11.2. The Morgan fingerprint density at radius 3 is 2.49 bits per heavy atom. The van der Waals surface area contributed by atoms with E-state index in [1.807, 2.05) is 30.3 Å². The molecular formula is C32H38N4O6S. The van der Waals surface area contributed by atoms with Gasteiger partial charge in [0.25, 0.3) is 11.8 Å². The van der Waals surface area contributed by atoms with Crippen LogP contribution >= 0.6 is 0 Å². The lowest BCUT2D eigenvalue weighted by atomic mass is 9.81. The van der Waals surface area contributed by atoms with E-state index in [-0.39, 0.29) is 18.0 Å². The minimum Gasteiger partial charge on any atom is -0.497 e. The largest absolute Gasteiger partial charge is 0.497 e. The maximum absolute atomic E-state index is 13.9. The number of nitrogens with one attached hydrogen (secondary N) is 1. The maximum atomic E-state index is 13.9. The molecule has 11 heteroatoms. The van der Waals surface area contributed by atoms with E-state index < -0.39 is 22.2 Å². The molecule has 1 aliphatic carbocycles. The normalized spacial score (nSPS) is 19.1. The van der Waals surface area contributed by atoms with Crippen molar-refractivity contribution in [2.24, 2.45) is 0 Å². The van der Waals surface area contributed by atoms with Crippen molar-refractivity contribution in [3.63, 3.8) is 0 Å². The number of methoxy groups -OCH3 is 1. The molecule has 6 rings (SSSR count). The van der Waals surface area contributed by atoms with Gasteiger partial charge in [-0.2, -0.15) is 12.7 Å². The van der Waals surface area contributed by atoms with Crippen LogP contribution in [0.1, 0.15) is 65.9 Å². The molecule has 0 unspecified atom stereocenters. The molecule has 228 valence electrons. The standard InChI is InChI=1S/C32H38N4O6S/c1-34(2)43(40,41)33-31(38)21-9-11-27-28(17-21)36-18-23(32(39)35-14-13-24(37)19-35)15-22-16-25(42-3)10-12-26(22)30(36)29(27)20-7-5-4-6-8-20/h9-12,15-17,20,24,37H,4-8,13-14,18-19H2,1-3H3,(H,33,38)/t24-/m1/s1. The Hall–Kier alpha value is -3.67. The van der Waals surface area contributed by atoms with E-state index in [1.165, 1.54) is 26.1 Å². The van der Waals surface area contributed by atoms with Gasteiger partial charge in [0.1, 0.15) is 5.75 Å². The Balaban J connectivity index is 1.56. The van der Waals surface area contributed by atoms with Gasteiger partial charge in [-0.05, 0) is 72.7 Å². The molecule has 2 amide bonds. The molecule has 1 saturated carbocycles. The van der Waals surface area contributed by atoms with Crippen LogP contribution in [0.25, 0.3) is 28.2 Å². The molecular weight excluding hydrogens is 568 g/mol. The van der Waals surface area contributed by atoms with Gasteiger partial charge in [-0.3, -0.25) is 9.59 Å². The average Bonchev–Trinajstić information content (AvgIpc) is 3.52. The van der Waals surface area contributed by atoms with Crippen LogP contribution in [0.2, 0.25) is 0 Å². The molecule has 3 heterocycles. The van der Waals surface area contributed by atoms with Crippen molar-refractivity contribution < 1.29 is 27.9 Å². The first kappa shape index (κ1) is 29.4. The second-order valence-corrected chi connectivity index (χ2v) is 13.8. The molecule has 43 heavy (non-hydrogen) atoms. The number of aliphatic hydroxyl groups is 1. The summed E-state index contributed by atoms with van der Waals surface area (Å²) < 4.78 is 35.6. The predicted octanol–water partition coefficient (Wildman–Crippen LogP) is 3.89. The lowest BCUT2D eigenvalue weighted by Crippen LogP contribution is -2.39. The lowest BCUT2D eigenvalue weighted by molar-refractivity contribution is -0.126. The third-order valence-corrected chi connectivity index (χ3v) is 10.4. The van der Waals surface area contributed by atoms with E-state index >= 15 is 0 Å². The summed E-state index contributed by atoms with van der Waals surface area (Å²) in [6, 6.07) is 11.2. The SMILES string of the molecule is COc1ccc2c(c1)C=C(C(=O)N1CC[C@@H](O)C1)Cn1c-2c(C2CCCCC2)c2ccc(C(=O)NS(=O)(=O)N(C)C)cc21. The summed E-state index contributed by atoms with van der Waals surface area (Å²) in [5.41, 5.74) is 5.62. The van der Waals surface area contributed by atoms with Crippen LogP contribution in [-0.2, 0) is 21.5 Å². The number of nitrogens with zero attached hydrogens (tertiary/aromatic N) is 3. The van der Waals surface area contributed by atoms with Gasteiger partial charge in [-0.25, -0.2) is 4.72 Å². The van der Waals surface area contributed by atoms with Crippen LogP contribution in [0.5, 0.6) is 5.75 Å². The van der Waals surface area contributed by atoms with Gasteiger partial charge in [0.2, 0.25) is 0 Å². The monoisotopic (exact) mass is 606 g/mol. The van der Waals surface area contributed by atoms with Crippen LogP contribution in [-0.4, -0.2) is 79.5 Å². The minimum absolute atomic E-state index is 0.134. The quantitative estimate of drug-likeness (QED) is 0.439. The molecule has 3 aliphatic rings. The number of rotatable bonds is 6. The zero-order valence-electron chi connectivity index (χ0n) is 24.8. The van der Waals surface area contributed by atoms with Crippen molar-refractivity contribution in [2.75, 3.05) is 34.3 Å². The average molecular weight is 607 g/mol. The van der Waals surface area contributed by atoms with Gasteiger partial charge in [0.05, 0.1) is 25.5 Å². The van der Waals surface area contributed by atoms with Crippen molar-refractivity contribution in [1.29, 1.82) is 0 Å². The number of likely N-dealkylation sites (tertiary alicyclic amines) is 1. The number of fused-ring (bicyclic) bond motifs is 5. The van der Waals surface area contributed by atoms with Crippen LogP contribution in [0.3, 0.4) is 0 Å². The van der Waals surface area contributed by atoms with Crippen molar-refractivity contribution >= 4 is 39.0 Å². The maximum Gasteiger partial charge on any atom is 0.303 e. The second-order valence-electron chi connectivity index (χ2n) is 12.0. The van der Waals surface area contributed by atoms with Gasteiger partial charge in [-0.15, -0.1) is 0 Å². The molecule has 0 bridgehead atoms. The summed E-state index contributed by atoms with van der Waals surface area (Å²) in [7, 11) is 0.359. The van der Waals surface area contributed by atoms with Gasteiger partial charge in [-0.1, -0.05) is 25.3 Å². The first-order valence-electron chi connectivity index (χ1n) is 14.8. The first-order valence-corrected chi connectivity index (χ1v) is 16.3. The molecule has 0 spiro atoms. The smallest absolute Gasteiger partial charge is 0.303 e. The number of ether oxygens (including phenoxy) is 1. The molecule has 10 nitrogen and oxygen atoms in total. The van der Waals surface area contributed by atoms with E-state index in [9.17, 15) is 23.1 Å². The summed E-state index contributed by atoms with van der Waals surface area (Å²) in [4.78, 5) is 28.7. The number of carbonyl (C=O) groups excluding carboxylic acids is 2. The van der Waals surface area contributed by atoms with Gasteiger partial charge >= 0.3 is 10.2 Å². The molecule has 1 saturated heterocycles. The topological polar surface area (TPSA) is 121 Å². The Morgan fingerprint density at radius 2 is 1.81 bits per heavy atom. The van der Waals surface area contributed by atoms with Crippen LogP contribution in [0.4, 0.5) is 0 Å². The molecule has 1 aromatic heterocycles. The fourth-order valence-electron chi connectivity index (χ4n) is 6.71. The molecule has 2 fully saturated rings. The zero-order valence-corrected chi connectivity index (χ0v) is 25.6. The summed E-state index contributed by atoms with van der Waals surface area (Å²) >= 11 is 0. The number of aromatic nitrogens is 1. The first-order chi connectivity index (χ1) is 20.6. The van der Waals surface area contributed by atoms with Crippen molar-refractivity contribution in [2.45, 2.75) is 57.1 Å². The van der Waals surface area contributed by atoms with E-state index in [4.69, 9.17) is 4.74 Å². The number of benzene rings is 2. The molecule has 3 aromatic rings. The highest BCUT2D eigenvalue weighted by atomic mass is 32.2. The summed E-state index contributed by atoms with van der Waals surface area (Å²) in [6.07, 6.45) is 7.49. The number of amides is 2.